The number of aromatic nitrogens is 3. The average Bonchev–Trinajstić information content (AvgIpc) is 3.22. The van der Waals surface area contributed by atoms with Crippen molar-refractivity contribution in [3.63, 3.8) is 0 Å². The number of imidazole rings is 1. The topological polar surface area (TPSA) is 50.5 Å². The molecule has 0 aliphatic carbocycles. The molecule has 5 nitrogen and oxygen atoms in total. The average molecular weight is 326 g/mol. The summed E-state index contributed by atoms with van der Waals surface area (Å²) in [6.07, 6.45) is 8.73. The first-order valence-corrected chi connectivity index (χ1v) is 8.76. The second-order valence-corrected chi connectivity index (χ2v) is 6.85. The van der Waals surface area contributed by atoms with Crippen LogP contribution < -0.4 is 0 Å². The van der Waals surface area contributed by atoms with Crippen molar-refractivity contribution in [2.75, 3.05) is 6.54 Å². The lowest BCUT2D eigenvalue weighted by Gasteiger charge is -2.35. The molecule has 0 radical (unpaired) electrons. The van der Waals surface area contributed by atoms with E-state index in [0.717, 1.165) is 41.9 Å². The van der Waals surface area contributed by atoms with Crippen molar-refractivity contribution in [2.45, 2.75) is 32.2 Å². The van der Waals surface area contributed by atoms with Crippen molar-refractivity contribution in [3.05, 3.63) is 52.2 Å². The van der Waals surface area contributed by atoms with Gasteiger partial charge in [0.25, 0.3) is 5.91 Å². The molecule has 0 aromatic carbocycles. The highest BCUT2D eigenvalue weighted by molar-refractivity contribution is 7.12. The Morgan fingerprint density at radius 3 is 3.04 bits per heavy atom. The number of nitrogens with zero attached hydrogens (tertiary/aromatic N) is 4. The first-order valence-electron chi connectivity index (χ1n) is 7.89. The Balaban J connectivity index is 1.70. The van der Waals surface area contributed by atoms with Crippen LogP contribution in [0.25, 0.3) is 5.78 Å². The van der Waals surface area contributed by atoms with Crippen molar-refractivity contribution in [1.82, 2.24) is 19.3 Å². The largest absolute Gasteiger partial charge is 0.329 e. The second-order valence-electron chi connectivity index (χ2n) is 5.93. The van der Waals surface area contributed by atoms with Crippen LogP contribution >= 0.6 is 11.3 Å². The van der Waals surface area contributed by atoms with E-state index in [9.17, 15) is 4.79 Å². The van der Waals surface area contributed by atoms with Crippen LogP contribution in [0.4, 0.5) is 0 Å². The van der Waals surface area contributed by atoms with Crippen molar-refractivity contribution in [3.8, 4) is 0 Å². The highest BCUT2D eigenvalue weighted by Crippen LogP contribution is 2.32. The summed E-state index contributed by atoms with van der Waals surface area (Å²) in [6, 6.07) is 4.05. The van der Waals surface area contributed by atoms with Crippen LogP contribution in [0.3, 0.4) is 0 Å². The Labute approximate surface area is 138 Å². The molecule has 118 valence electrons. The summed E-state index contributed by atoms with van der Waals surface area (Å²) < 4.78 is 1.89. The third kappa shape index (κ3) is 2.53. The number of hydrogen-bond donors (Lipinski definition) is 0. The van der Waals surface area contributed by atoms with Crippen LogP contribution in [0.5, 0.6) is 0 Å². The van der Waals surface area contributed by atoms with Crippen molar-refractivity contribution >= 4 is 23.0 Å². The molecule has 6 heteroatoms. The highest BCUT2D eigenvalue weighted by Gasteiger charge is 2.31. The summed E-state index contributed by atoms with van der Waals surface area (Å²) in [7, 11) is 0. The minimum absolute atomic E-state index is 0.0412. The van der Waals surface area contributed by atoms with Crippen molar-refractivity contribution < 1.29 is 4.79 Å². The molecule has 3 aromatic rings. The summed E-state index contributed by atoms with van der Waals surface area (Å²) in [4.78, 5) is 24.7. The minimum Gasteiger partial charge on any atom is -0.329 e. The molecule has 23 heavy (non-hydrogen) atoms. The maximum atomic E-state index is 13.0. The van der Waals surface area contributed by atoms with E-state index in [2.05, 4.69) is 9.97 Å². The van der Waals surface area contributed by atoms with Crippen molar-refractivity contribution in [1.29, 1.82) is 0 Å². The van der Waals surface area contributed by atoms with Gasteiger partial charge in [0.1, 0.15) is 0 Å². The third-order valence-electron chi connectivity index (χ3n) is 4.44. The number of likely N-dealkylation sites (tertiary alicyclic amines) is 1. The van der Waals surface area contributed by atoms with E-state index in [1.54, 1.807) is 6.20 Å². The van der Waals surface area contributed by atoms with Gasteiger partial charge in [-0.3, -0.25) is 9.20 Å². The fraction of sp³-hybridized carbons (Fsp3) is 0.353. The van der Waals surface area contributed by atoms with Gasteiger partial charge in [-0.15, -0.1) is 11.3 Å². The van der Waals surface area contributed by atoms with E-state index in [1.807, 2.05) is 46.1 Å². The normalized spacial score (nSPS) is 18.5. The van der Waals surface area contributed by atoms with Crippen LogP contribution in [0.15, 0.2) is 36.1 Å². The van der Waals surface area contributed by atoms with Gasteiger partial charge in [-0.25, -0.2) is 9.97 Å². The van der Waals surface area contributed by atoms with E-state index in [0.29, 0.717) is 5.78 Å². The summed E-state index contributed by atoms with van der Waals surface area (Å²) in [5.74, 6) is 0.819. The molecule has 0 bridgehead atoms. The zero-order valence-electron chi connectivity index (χ0n) is 13.0. The van der Waals surface area contributed by atoms with Crippen LogP contribution in [-0.2, 0) is 0 Å². The zero-order valence-corrected chi connectivity index (χ0v) is 13.8. The quantitative estimate of drug-likeness (QED) is 0.724. The van der Waals surface area contributed by atoms with Gasteiger partial charge in [-0.1, -0.05) is 0 Å². The van der Waals surface area contributed by atoms with Gasteiger partial charge in [0.15, 0.2) is 0 Å². The SMILES string of the molecule is Cc1ccsc1C(=O)N1CCCCC1c1ccn2ccnc2n1. The number of thiophene rings is 1. The molecule has 1 aliphatic rings. The number of amides is 1. The molecule has 0 saturated carbocycles. The molecular formula is C17H18N4OS. The maximum Gasteiger partial charge on any atom is 0.264 e. The van der Waals surface area contributed by atoms with E-state index in [1.165, 1.54) is 11.3 Å². The lowest BCUT2D eigenvalue weighted by molar-refractivity contribution is 0.0610. The summed E-state index contributed by atoms with van der Waals surface area (Å²) in [6.45, 7) is 2.79. The summed E-state index contributed by atoms with van der Waals surface area (Å²) in [5, 5.41) is 1.98. The fourth-order valence-corrected chi connectivity index (χ4v) is 4.09. The fourth-order valence-electron chi connectivity index (χ4n) is 3.21. The van der Waals surface area contributed by atoms with Crippen LogP contribution in [0, 0.1) is 6.92 Å². The second kappa shape index (κ2) is 5.77. The number of piperidine rings is 1. The number of hydrogen-bond acceptors (Lipinski definition) is 4. The Bertz CT molecular complexity index is 853. The molecule has 1 amide bonds. The molecular weight excluding hydrogens is 308 g/mol. The number of aryl methyl sites for hydroxylation is 1. The van der Waals surface area contributed by atoms with Gasteiger partial charge in [0.05, 0.1) is 16.6 Å². The van der Waals surface area contributed by atoms with E-state index in [4.69, 9.17) is 0 Å². The summed E-state index contributed by atoms with van der Waals surface area (Å²) >= 11 is 1.52. The third-order valence-corrected chi connectivity index (χ3v) is 5.45. The first-order chi connectivity index (χ1) is 11.2. The minimum atomic E-state index is 0.0412. The monoisotopic (exact) mass is 326 g/mol. The molecule has 1 saturated heterocycles. The van der Waals surface area contributed by atoms with Gasteiger partial charge in [-0.05, 0) is 49.3 Å². The lowest BCUT2D eigenvalue weighted by Crippen LogP contribution is -2.38. The Kier molecular flexibility index (Phi) is 3.61. The predicted molar refractivity (Wildman–Crippen MR) is 89.7 cm³/mol. The Hall–Kier alpha value is -2.21. The standard InChI is InChI=1S/C17H18N4OS/c1-12-6-11-23-15(12)16(22)21-8-3-2-4-14(21)13-5-9-20-10-7-18-17(20)19-13/h5-7,9-11,14H,2-4,8H2,1H3. The number of fused-ring (bicyclic) bond motifs is 1. The van der Waals surface area contributed by atoms with Crippen molar-refractivity contribution in [2.24, 2.45) is 0 Å². The van der Waals surface area contributed by atoms with Gasteiger partial charge in [0.2, 0.25) is 5.78 Å². The molecule has 1 aliphatic heterocycles. The van der Waals surface area contributed by atoms with Gasteiger partial charge in [0, 0.05) is 25.1 Å². The lowest BCUT2D eigenvalue weighted by atomic mass is 9.98. The van der Waals surface area contributed by atoms with E-state index in [-0.39, 0.29) is 11.9 Å². The van der Waals surface area contributed by atoms with Crippen LogP contribution in [0.1, 0.15) is 46.2 Å². The molecule has 3 aromatic heterocycles. The summed E-state index contributed by atoms with van der Waals surface area (Å²) in [5.41, 5.74) is 1.99. The number of carbonyl (C=O) groups excluding carboxylic acids is 1. The van der Waals surface area contributed by atoms with Gasteiger partial charge < -0.3 is 4.90 Å². The van der Waals surface area contributed by atoms with Crippen LogP contribution in [-0.4, -0.2) is 31.7 Å². The Morgan fingerprint density at radius 2 is 2.22 bits per heavy atom. The zero-order chi connectivity index (χ0) is 15.8. The highest BCUT2D eigenvalue weighted by atomic mass is 32.1. The molecule has 0 N–H and O–H groups in total. The molecule has 4 heterocycles. The maximum absolute atomic E-state index is 13.0. The predicted octanol–water partition coefficient (Wildman–Crippen LogP) is 3.47. The van der Waals surface area contributed by atoms with E-state index < -0.39 is 0 Å². The molecule has 1 unspecified atom stereocenters. The van der Waals surface area contributed by atoms with Gasteiger partial charge >= 0.3 is 0 Å². The van der Waals surface area contributed by atoms with Gasteiger partial charge in [-0.2, -0.15) is 0 Å². The molecule has 4 rings (SSSR count). The molecule has 1 fully saturated rings. The smallest absolute Gasteiger partial charge is 0.264 e. The van der Waals surface area contributed by atoms with Crippen LogP contribution in [0.2, 0.25) is 0 Å². The number of rotatable bonds is 2. The Morgan fingerprint density at radius 1 is 1.30 bits per heavy atom. The molecule has 0 spiro atoms. The first kappa shape index (κ1) is 14.4. The van der Waals surface area contributed by atoms with E-state index >= 15 is 0 Å². The number of carbonyl (C=O) groups is 1. The molecule has 1 atom stereocenters.